The number of nitrogens with one attached hydrogen (secondary N) is 1. The summed E-state index contributed by atoms with van der Waals surface area (Å²) >= 11 is 5.54. The van der Waals surface area contributed by atoms with Crippen LogP contribution >= 0.6 is 12.2 Å². The van der Waals surface area contributed by atoms with Gasteiger partial charge >= 0.3 is 5.97 Å². The predicted octanol–water partition coefficient (Wildman–Crippen LogP) is 5.26. The van der Waals surface area contributed by atoms with Gasteiger partial charge in [-0.05, 0) is 113 Å². The molecule has 2 bridgehead atoms. The number of carbonyl (C=O) groups is 4. The molecule has 81 heavy (non-hydrogen) atoms. The maximum absolute atomic E-state index is 14.7. The molecule has 0 spiro atoms. The Hall–Kier alpha value is -3.55. The van der Waals surface area contributed by atoms with Crippen molar-refractivity contribution in [2.45, 2.75) is 185 Å². The number of amides is 1. The lowest BCUT2D eigenvalue weighted by Gasteiger charge is -2.43. The number of hydrogen-bond donors (Lipinski definition) is 5. The summed E-state index contributed by atoms with van der Waals surface area (Å²) in [6.07, 6.45) is 9.91. The van der Waals surface area contributed by atoms with Crippen LogP contribution in [-0.2, 0) is 66.5 Å². The van der Waals surface area contributed by atoms with Gasteiger partial charge in [0, 0.05) is 78.2 Å². The number of carbonyl (C=O) groups excluding carboxylic acids is 4. The van der Waals surface area contributed by atoms with Crippen LogP contribution in [0.4, 0.5) is 0 Å². The molecule has 0 aromatic rings. The topological polar surface area (TPSA) is 263 Å². The Morgan fingerprint density at radius 1 is 0.778 bits per heavy atom. The molecule has 0 aromatic heterocycles. The highest BCUT2D eigenvalue weighted by Crippen LogP contribution is 2.38. The number of rotatable bonds is 19. The molecule has 1 amide bonds. The number of hydrogen-bond acceptors (Lipinski definition) is 19. The van der Waals surface area contributed by atoms with Crippen molar-refractivity contribution < 1.29 is 81.9 Å². The second kappa shape index (κ2) is 36.3. The molecule has 462 valence electrons. The van der Waals surface area contributed by atoms with Crippen molar-refractivity contribution >= 4 is 40.8 Å². The lowest BCUT2D eigenvalue weighted by Crippen LogP contribution is -2.61. The van der Waals surface area contributed by atoms with Gasteiger partial charge in [-0.15, -0.1) is 0 Å². The molecule has 1 aliphatic carbocycles. The third-order valence-corrected chi connectivity index (χ3v) is 16.6. The fourth-order valence-electron chi connectivity index (χ4n) is 11.3. The summed E-state index contributed by atoms with van der Waals surface area (Å²) in [5.74, 6) is -7.64. The van der Waals surface area contributed by atoms with Crippen LogP contribution in [0.3, 0.4) is 0 Å². The highest BCUT2D eigenvalue weighted by molar-refractivity contribution is 7.80. The van der Waals surface area contributed by atoms with Gasteiger partial charge in [0.05, 0.1) is 70.7 Å². The average Bonchev–Trinajstić information content (AvgIpc) is 3.57. The van der Waals surface area contributed by atoms with Gasteiger partial charge in [0.2, 0.25) is 5.79 Å². The molecule has 1 saturated carbocycles. The van der Waals surface area contributed by atoms with E-state index in [9.17, 15) is 34.5 Å². The Labute approximate surface area is 487 Å². The van der Waals surface area contributed by atoms with Gasteiger partial charge in [-0.3, -0.25) is 14.4 Å². The number of esters is 1. The number of allylic oxidation sites excluding steroid dienone is 5. The van der Waals surface area contributed by atoms with Gasteiger partial charge in [-0.25, -0.2) is 4.79 Å². The van der Waals surface area contributed by atoms with Crippen LogP contribution in [-0.4, -0.2) is 203 Å². The van der Waals surface area contributed by atoms with Crippen LogP contribution in [0.25, 0.3) is 0 Å². The predicted molar refractivity (Wildman–Crippen MR) is 309 cm³/mol. The third kappa shape index (κ3) is 22.1. The molecule has 20 nitrogen and oxygen atoms in total. The van der Waals surface area contributed by atoms with E-state index >= 15 is 0 Å². The minimum atomic E-state index is -2.45. The van der Waals surface area contributed by atoms with Crippen molar-refractivity contribution in [3.63, 3.8) is 0 Å². The number of nitrogens with two attached hydrogens (primary N) is 1. The van der Waals surface area contributed by atoms with Crippen LogP contribution < -0.4 is 11.1 Å². The van der Waals surface area contributed by atoms with Crippen molar-refractivity contribution in [3.05, 3.63) is 47.6 Å². The number of cyclic esters (lactones) is 1. The second-order valence-corrected chi connectivity index (χ2v) is 23.0. The lowest BCUT2D eigenvalue weighted by atomic mass is 9.80. The zero-order valence-corrected chi connectivity index (χ0v) is 50.8. The quantitative estimate of drug-likeness (QED) is 0.0363. The van der Waals surface area contributed by atoms with Crippen LogP contribution in [0.5, 0.6) is 0 Å². The average molecular weight is 1170 g/mol. The van der Waals surface area contributed by atoms with Crippen molar-refractivity contribution in [1.29, 1.82) is 0 Å². The van der Waals surface area contributed by atoms with E-state index in [-0.39, 0.29) is 48.6 Å². The van der Waals surface area contributed by atoms with E-state index in [1.165, 1.54) is 12.0 Å². The highest BCUT2D eigenvalue weighted by Gasteiger charge is 2.53. The maximum atomic E-state index is 14.7. The Morgan fingerprint density at radius 2 is 1.46 bits per heavy atom. The standard InChI is InChI=1S/C60H99N3O17S/c1-38-16-12-11-13-17-39(2)49(72-8)36-45-21-19-43(6)60(70,80-45)56(67)57(68)63-24-15-14-18-47(63)58(69)78-51(37-50(73-9)40(3)33-42(5)54(65)55(66)53(64)41(4)32-38)46(61)34-44-20-22-48(52(35-44)74-10)79-59(81)62-23-25-75-28-29-77-31-30-76-27-26-71-7/h11-13,16-17,33,38,40-41,43-52,54-55,65-66,70H,14-15,18-32,34-37,61H2,1-10H3,(H,62,81)/b13-11+,16-12+,39-17+,42-33+/t38-,40-,41-,43-,44+,45+,46-,47+,48-,49+,50-,51+,52-,54-,55+,60-/m1/s1. The number of aliphatic hydroxyl groups excluding tert-OH is 2. The summed E-state index contributed by atoms with van der Waals surface area (Å²) in [5, 5.41) is 38.0. The van der Waals surface area contributed by atoms with E-state index in [4.69, 9.17) is 65.3 Å². The van der Waals surface area contributed by atoms with Crippen molar-refractivity contribution in [2.75, 3.05) is 87.8 Å². The molecule has 3 fully saturated rings. The van der Waals surface area contributed by atoms with E-state index < -0.39 is 95.7 Å². The zero-order chi connectivity index (χ0) is 59.6. The number of Topliss-reactive ketones (excluding diaryl/α,β-unsaturated/α-hetero) is 2. The Kier molecular flexibility index (Phi) is 31.4. The fraction of sp³-hybridized carbons (Fsp3) is 0.783. The first kappa shape index (κ1) is 69.9. The van der Waals surface area contributed by atoms with Gasteiger partial charge in [0.25, 0.3) is 16.9 Å². The van der Waals surface area contributed by atoms with Gasteiger partial charge in [-0.1, -0.05) is 64.2 Å². The first-order chi connectivity index (χ1) is 38.7. The lowest BCUT2D eigenvalue weighted by molar-refractivity contribution is -0.265. The summed E-state index contributed by atoms with van der Waals surface area (Å²) in [5.41, 5.74) is 8.35. The fourth-order valence-corrected chi connectivity index (χ4v) is 11.5. The molecule has 2 saturated heterocycles. The zero-order valence-electron chi connectivity index (χ0n) is 50.0. The van der Waals surface area contributed by atoms with Crippen LogP contribution in [0, 0.1) is 29.6 Å². The summed E-state index contributed by atoms with van der Waals surface area (Å²) in [4.78, 5) is 58.3. The first-order valence-corrected chi connectivity index (χ1v) is 29.7. The normalized spacial score (nSPS) is 35.6. The molecule has 0 unspecified atom stereocenters. The van der Waals surface area contributed by atoms with E-state index in [0.29, 0.717) is 123 Å². The number of piperidine rings is 1. The van der Waals surface area contributed by atoms with Gasteiger partial charge in [-0.2, -0.15) is 0 Å². The Bertz CT molecular complexity index is 2080. The number of ketones is 2. The summed E-state index contributed by atoms with van der Waals surface area (Å²) in [6.45, 7) is 14.5. The maximum Gasteiger partial charge on any atom is 0.329 e. The Balaban J connectivity index is 1.55. The minimum absolute atomic E-state index is 0.00619. The number of methoxy groups -OCH3 is 4. The number of fused-ring (bicyclic) bond motifs is 3. The number of ether oxygens (including phenoxy) is 10. The molecule has 21 heteroatoms. The molecule has 0 aromatic carbocycles. The third-order valence-electron chi connectivity index (χ3n) is 16.4. The monoisotopic (exact) mass is 1170 g/mol. The molecule has 4 rings (SSSR count). The first-order valence-electron chi connectivity index (χ1n) is 29.3. The van der Waals surface area contributed by atoms with Crippen LogP contribution in [0.1, 0.15) is 119 Å². The summed E-state index contributed by atoms with van der Waals surface area (Å²) in [6, 6.07) is -1.92. The van der Waals surface area contributed by atoms with E-state index in [1.54, 1.807) is 48.2 Å². The number of nitrogens with zero attached hydrogens (tertiary/aromatic N) is 1. The highest BCUT2D eigenvalue weighted by atomic mass is 32.1. The minimum Gasteiger partial charge on any atom is -0.465 e. The van der Waals surface area contributed by atoms with Crippen molar-refractivity contribution in [1.82, 2.24) is 10.2 Å². The van der Waals surface area contributed by atoms with Gasteiger partial charge in [0.15, 0.2) is 5.78 Å². The largest absolute Gasteiger partial charge is 0.465 e. The van der Waals surface area contributed by atoms with Crippen LogP contribution in [0.15, 0.2) is 47.6 Å². The van der Waals surface area contributed by atoms with Crippen LogP contribution in [0.2, 0.25) is 0 Å². The molecular formula is C60H99N3O17S. The molecule has 6 N–H and O–H groups in total. The molecule has 16 atom stereocenters. The molecule has 0 radical (unpaired) electrons. The van der Waals surface area contributed by atoms with Crippen molar-refractivity contribution in [3.8, 4) is 0 Å². The second-order valence-electron chi connectivity index (χ2n) is 22.6. The van der Waals surface area contributed by atoms with E-state index in [0.717, 1.165) is 5.57 Å². The smallest absolute Gasteiger partial charge is 0.329 e. The molecular weight excluding hydrogens is 1070 g/mol. The van der Waals surface area contributed by atoms with Gasteiger partial charge in [0.1, 0.15) is 30.5 Å². The summed E-state index contributed by atoms with van der Waals surface area (Å²) < 4.78 is 58.2. The Morgan fingerprint density at radius 3 is 2.12 bits per heavy atom. The summed E-state index contributed by atoms with van der Waals surface area (Å²) in [7, 11) is 6.33. The molecule has 3 aliphatic heterocycles. The van der Waals surface area contributed by atoms with E-state index in [1.807, 2.05) is 51.2 Å². The van der Waals surface area contributed by atoms with Gasteiger partial charge < -0.3 is 78.6 Å². The van der Waals surface area contributed by atoms with Crippen molar-refractivity contribution in [2.24, 2.45) is 35.3 Å². The number of thiocarbonyl (C=S) groups is 1. The van der Waals surface area contributed by atoms with E-state index in [2.05, 4.69) is 5.32 Å². The number of aliphatic hydroxyl groups is 3. The SMILES string of the molecule is COCCOCCOCCOCCNC(=S)O[C@@H]1CC[C@@H](C[C@@H](N)[C@@H]2C[C@@H](OC)[C@H](C)/C=C(\C)[C@@H](O)[C@@H](O)C(=O)[C@H](C)C[C@H](C)/C=C/C=C/C=C(\C)[C@@H](OC)C[C@@H]3CC[C@@H](C)[C@@](O)(O3)C(=O)C(=O)N3CCCC[C@H]3C(=O)O2)C[C@H]1OC. The molecule has 4 aliphatic rings. The molecule has 3 heterocycles.